The van der Waals surface area contributed by atoms with Gasteiger partial charge in [-0.1, -0.05) is 176 Å². The van der Waals surface area contributed by atoms with Gasteiger partial charge in [-0.05, 0) is 121 Å². The van der Waals surface area contributed by atoms with Crippen molar-refractivity contribution >= 4 is 65.2 Å². The van der Waals surface area contributed by atoms with Crippen molar-refractivity contribution < 1.29 is 0 Å². The molecule has 2 heterocycles. The first-order valence-electron chi connectivity index (χ1n) is 22.2. The minimum absolute atomic E-state index is 1.16. The van der Waals surface area contributed by atoms with Gasteiger partial charge < -0.3 is 9.13 Å². The van der Waals surface area contributed by atoms with Crippen molar-refractivity contribution in [1.29, 1.82) is 0 Å². The highest BCUT2D eigenvalue weighted by molar-refractivity contribution is 6.20. The first-order chi connectivity index (χ1) is 31.7. The smallest absolute Gasteiger partial charge is 0.0619 e. The molecule has 11 aromatic carbocycles. The highest BCUT2D eigenvalue weighted by atomic mass is 15.0. The maximum atomic E-state index is 2.48. The predicted molar refractivity (Wildman–Crippen MR) is 271 cm³/mol. The van der Waals surface area contributed by atoms with Crippen molar-refractivity contribution in [2.24, 2.45) is 0 Å². The normalized spacial score (nSPS) is 12.1. The lowest BCUT2D eigenvalue weighted by Crippen LogP contribution is -1.97. The Morgan fingerprint density at radius 3 is 1.77 bits per heavy atom. The van der Waals surface area contributed by atoms with Crippen LogP contribution in [0.15, 0.2) is 231 Å². The van der Waals surface area contributed by atoms with Crippen LogP contribution in [0.1, 0.15) is 0 Å². The van der Waals surface area contributed by atoms with E-state index in [9.17, 15) is 0 Å². The summed E-state index contributed by atoms with van der Waals surface area (Å²) in [5, 5.41) is 10.2. The Balaban J connectivity index is 0.922. The van der Waals surface area contributed by atoms with Gasteiger partial charge in [-0.3, -0.25) is 0 Å². The molecule has 0 saturated carbocycles. The first-order valence-corrected chi connectivity index (χ1v) is 22.2. The Kier molecular flexibility index (Phi) is 7.43. The third kappa shape index (κ3) is 5.08. The average molecular weight is 811 g/mol. The summed E-state index contributed by atoms with van der Waals surface area (Å²) < 4.78 is 4.92. The first kappa shape index (κ1) is 35.2. The van der Waals surface area contributed by atoms with Crippen LogP contribution in [0.4, 0.5) is 0 Å². The van der Waals surface area contributed by atoms with E-state index in [1.54, 1.807) is 0 Å². The molecule has 64 heavy (non-hydrogen) atoms. The maximum Gasteiger partial charge on any atom is 0.0619 e. The fourth-order valence-corrected chi connectivity index (χ4v) is 11.0. The molecule has 296 valence electrons. The highest BCUT2D eigenvalue weighted by Crippen LogP contribution is 2.49. The zero-order chi connectivity index (χ0) is 41.9. The summed E-state index contributed by atoms with van der Waals surface area (Å²) >= 11 is 0. The lowest BCUT2D eigenvalue weighted by Gasteiger charge is -2.15. The van der Waals surface area contributed by atoms with E-state index >= 15 is 0 Å². The molecule has 14 rings (SSSR count). The van der Waals surface area contributed by atoms with Crippen LogP contribution in [0.5, 0.6) is 0 Å². The monoisotopic (exact) mass is 810 g/mol. The van der Waals surface area contributed by atoms with Crippen molar-refractivity contribution in [3.05, 3.63) is 231 Å². The topological polar surface area (TPSA) is 9.86 Å². The maximum absolute atomic E-state index is 2.48. The zero-order valence-corrected chi connectivity index (χ0v) is 34.8. The summed E-state index contributed by atoms with van der Waals surface area (Å²) in [6.07, 6.45) is 0. The summed E-state index contributed by atoms with van der Waals surface area (Å²) in [5.41, 5.74) is 19.6. The van der Waals surface area contributed by atoms with Crippen LogP contribution in [-0.2, 0) is 0 Å². The van der Waals surface area contributed by atoms with Gasteiger partial charge >= 0.3 is 0 Å². The zero-order valence-electron chi connectivity index (χ0n) is 34.8. The van der Waals surface area contributed by atoms with E-state index in [-0.39, 0.29) is 0 Å². The molecule has 0 atom stereocenters. The van der Waals surface area contributed by atoms with Gasteiger partial charge in [-0.15, -0.1) is 0 Å². The summed E-state index contributed by atoms with van der Waals surface area (Å²) in [6.45, 7) is 0. The fourth-order valence-electron chi connectivity index (χ4n) is 11.0. The Hall–Kier alpha value is -8.46. The van der Waals surface area contributed by atoms with Gasteiger partial charge in [-0.25, -0.2) is 0 Å². The number of hydrogen-bond acceptors (Lipinski definition) is 0. The molecule has 1 aliphatic rings. The fraction of sp³-hybridized carbons (Fsp3) is 0. The minimum Gasteiger partial charge on any atom is -0.309 e. The molecule has 0 radical (unpaired) electrons. The standard InChI is InChI=1S/C62H38N2/c1-2-18-46(19-3-1)63-59-34-30-43(37-56(59)54-33-27-39-13-4-5-21-48(39)62(54)63)44-29-32-51-50-22-7-9-26-58(50)64(60(51)38-44)57-25-8-6-20-47(57)45-17-10-16-41(35-45)42-28-31-49-52-23-11-14-40-15-12-24-53(61(40)52)55(49)36-42/h1-38H. The van der Waals surface area contributed by atoms with E-state index in [4.69, 9.17) is 0 Å². The third-order valence-corrected chi connectivity index (χ3v) is 13.8. The third-order valence-electron chi connectivity index (χ3n) is 13.8. The lowest BCUT2D eigenvalue weighted by atomic mass is 9.94. The molecular formula is C62H38N2. The van der Waals surface area contributed by atoms with Crippen LogP contribution in [0, 0.1) is 0 Å². The van der Waals surface area contributed by atoms with E-state index in [1.807, 2.05) is 0 Å². The van der Waals surface area contributed by atoms with Gasteiger partial charge in [0, 0.05) is 38.2 Å². The summed E-state index contributed by atoms with van der Waals surface area (Å²) in [6, 6.07) is 85.3. The Morgan fingerprint density at radius 2 is 0.859 bits per heavy atom. The molecule has 0 bridgehead atoms. The quantitative estimate of drug-likeness (QED) is 0.164. The number of benzene rings is 11. The molecule has 0 amide bonds. The molecule has 1 aliphatic carbocycles. The van der Waals surface area contributed by atoms with Crippen molar-refractivity contribution in [2.75, 3.05) is 0 Å². The molecule has 0 aliphatic heterocycles. The molecule has 0 fully saturated rings. The van der Waals surface area contributed by atoms with Crippen LogP contribution in [-0.4, -0.2) is 9.13 Å². The molecule has 0 saturated heterocycles. The summed E-state index contributed by atoms with van der Waals surface area (Å²) in [7, 11) is 0. The van der Waals surface area contributed by atoms with E-state index in [2.05, 4.69) is 240 Å². The van der Waals surface area contributed by atoms with Crippen LogP contribution in [0.3, 0.4) is 0 Å². The van der Waals surface area contributed by atoms with E-state index in [0.29, 0.717) is 0 Å². The summed E-state index contributed by atoms with van der Waals surface area (Å²) in [5.74, 6) is 0. The van der Waals surface area contributed by atoms with Crippen LogP contribution < -0.4 is 0 Å². The van der Waals surface area contributed by atoms with Gasteiger partial charge in [0.2, 0.25) is 0 Å². The Bertz CT molecular complexity index is 4060. The van der Waals surface area contributed by atoms with Gasteiger partial charge in [0.25, 0.3) is 0 Å². The van der Waals surface area contributed by atoms with Crippen LogP contribution in [0.25, 0.3) is 132 Å². The number of aromatic nitrogens is 2. The second-order valence-corrected chi connectivity index (χ2v) is 17.2. The predicted octanol–water partition coefficient (Wildman–Crippen LogP) is 16.8. The highest BCUT2D eigenvalue weighted by Gasteiger charge is 2.23. The molecular weight excluding hydrogens is 773 g/mol. The second-order valence-electron chi connectivity index (χ2n) is 17.2. The van der Waals surface area contributed by atoms with Gasteiger partial charge in [0.05, 0.1) is 27.8 Å². The SMILES string of the molecule is c1ccc(-n2c3ccc(-c4ccc5c6ccccc6n(-c6ccccc6-c6cccc(-c7ccc8c(c7)-c7cccc9cccc-8c79)c6)c5c4)cc3c3ccc4ccccc4c32)cc1. The number of fused-ring (bicyclic) bond motifs is 11. The molecule has 0 unspecified atom stereocenters. The van der Waals surface area contributed by atoms with Gasteiger partial charge in [-0.2, -0.15) is 0 Å². The van der Waals surface area contributed by atoms with E-state index in [1.165, 1.54) is 121 Å². The van der Waals surface area contributed by atoms with E-state index < -0.39 is 0 Å². The average Bonchev–Trinajstić information content (AvgIpc) is 4.00. The number of hydrogen-bond donors (Lipinski definition) is 0. The Labute approximate surface area is 370 Å². The number of nitrogens with zero attached hydrogens (tertiary/aromatic N) is 2. The molecule has 2 aromatic heterocycles. The Morgan fingerprint density at radius 1 is 0.250 bits per heavy atom. The van der Waals surface area contributed by atoms with Gasteiger partial charge in [0.15, 0.2) is 0 Å². The van der Waals surface area contributed by atoms with E-state index in [0.717, 1.165) is 11.4 Å². The minimum atomic E-state index is 1.16. The number of rotatable bonds is 5. The molecule has 2 nitrogen and oxygen atoms in total. The number of para-hydroxylation sites is 3. The van der Waals surface area contributed by atoms with Crippen molar-refractivity contribution in [3.8, 4) is 67.0 Å². The molecule has 0 N–H and O–H groups in total. The van der Waals surface area contributed by atoms with Gasteiger partial charge in [0.1, 0.15) is 0 Å². The van der Waals surface area contributed by atoms with Crippen LogP contribution >= 0.6 is 0 Å². The van der Waals surface area contributed by atoms with Crippen LogP contribution in [0.2, 0.25) is 0 Å². The largest absolute Gasteiger partial charge is 0.309 e. The summed E-state index contributed by atoms with van der Waals surface area (Å²) in [4.78, 5) is 0. The molecule has 0 spiro atoms. The lowest BCUT2D eigenvalue weighted by molar-refractivity contribution is 1.18. The molecule has 13 aromatic rings. The molecule has 2 heteroatoms. The van der Waals surface area contributed by atoms with Crippen molar-refractivity contribution in [1.82, 2.24) is 9.13 Å². The van der Waals surface area contributed by atoms with Crippen molar-refractivity contribution in [3.63, 3.8) is 0 Å². The van der Waals surface area contributed by atoms with Crippen molar-refractivity contribution in [2.45, 2.75) is 0 Å². The second kappa shape index (κ2) is 13.5.